The summed E-state index contributed by atoms with van der Waals surface area (Å²) in [5.41, 5.74) is 5.72. The molecule has 0 heterocycles. The first kappa shape index (κ1) is 17.1. The molecule has 0 saturated heterocycles. The van der Waals surface area contributed by atoms with E-state index in [2.05, 4.69) is 11.8 Å². The first-order valence-corrected chi connectivity index (χ1v) is 6.51. The third kappa shape index (κ3) is 5.16. The third-order valence-electron chi connectivity index (χ3n) is 2.75. The van der Waals surface area contributed by atoms with E-state index in [1.54, 1.807) is 0 Å². The van der Waals surface area contributed by atoms with Crippen LogP contribution in [-0.4, -0.2) is 55.9 Å². The lowest BCUT2D eigenvalue weighted by Crippen LogP contribution is -2.36. The van der Waals surface area contributed by atoms with E-state index in [1.165, 1.54) is 30.2 Å². The second kappa shape index (κ2) is 9.08. The Morgan fingerprint density at radius 2 is 2.24 bits per heavy atom. The van der Waals surface area contributed by atoms with E-state index in [9.17, 15) is 9.18 Å². The molecule has 0 radical (unpaired) electrons. The molecule has 0 spiro atoms. The maximum atomic E-state index is 13.9. The smallest absolute Gasteiger partial charge is 0.257 e. The minimum Gasteiger partial charge on any atom is -0.395 e. The van der Waals surface area contributed by atoms with Crippen molar-refractivity contribution in [1.82, 2.24) is 4.90 Å². The third-order valence-corrected chi connectivity index (χ3v) is 2.75. The van der Waals surface area contributed by atoms with E-state index in [4.69, 9.17) is 15.6 Å². The van der Waals surface area contributed by atoms with Crippen LogP contribution >= 0.6 is 0 Å². The average molecular weight is 294 g/mol. The second-order valence-electron chi connectivity index (χ2n) is 4.21. The van der Waals surface area contributed by atoms with Gasteiger partial charge in [0.25, 0.3) is 5.91 Å². The summed E-state index contributed by atoms with van der Waals surface area (Å²) in [7, 11) is 1.51. The van der Waals surface area contributed by atoms with Gasteiger partial charge in [-0.2, -0.15) is 0 Å². The Hall–Kier alpha value is -1.94. The lowest BCUT2D eigenvalue weighted by Gasteiger charge is -2.21. The highest BCUT2D eigenvalue weighted by Crippen LogP contribution is 2.13. The molecule has 0 unspecified atom stereocenters. The van der Waals surface area contributed by atoms with Gasteiger partial charge >= 0.3 is 0 Å². The van der Waals surface area contributed by atoms with Crippen molar-refractivity contribution in [2.45, 2.75) is 0 Å². The number of carbonyl (C=O) groups is 1. The highest BCUT2D eigenvalue weighted by atomic mass is 19.1. The molecule has 5 nitrogen and oxygen atoms in total. The average Bonchev–Trinajstić information content (AvgIpc) is 2.50. The second-order valence-corrected chi connectivity index (χ2v) is 4.21. The van der Waals surface area contributed by atoms with Gasteiger partial charge in [0.1, 0.15) is 5.82 Å². The number of nitrogens with zero attached hydrogens (tertiary/aromatic N) is 1. The van der Waals surface area contributed by atoms with E-state index in [-0.39, 0.29) is 31.8 Å². The molecule has 1 aromatic carbocycles. The van der Waals surface area contributed by atoms with Crippen LogP contribution in [0.1, 0.15) is 15.9 Å². The van der Waals surface area contributed by atoms with Gasteiger partial charge in [0.2, 0.25) is 0 Å². The van der Waals surface area contributed by atoms with Crippen molar-refractivity contribution in [3.8, 4) is 11.8 Å². The Balaban J connectivity index is 3.02. The van der Waals surface area contributed by atoms with Crippen LogP contribution in [0.15, 0.2) is 18.2 Å². The Morgan fingerprint density at radius 1 is 1.48 bits per heavy atom. The molecule has 114 valence electrons. The molecule has 21 heavy (non-hydrogen) atoms. The number of halogens is 1. The topological polar surface area (TPSA) is 75.8 Å². The van der Waals surface area contributed by atoms with E-state index in [0.717, 1.165) is 0 Å². The van der Waals surface area contributed by atoms with Crippen LogP contribution in [0.3, 0.4) is 0 Å². The van der Waals surface area contributed by atoms with Gasteiger partial charge in [0, 0.05) is 25.8 Å². The highest BCUT2D eigenvalue weighted by molar-refractivity contribution is 5.94. The zero-order valence-corrected chi connectivity index (χ0v) is 11.9. The Bertz CT molecular complexity index is 537. The number of hydrogen-bond acceptors (Lipinski definition) is 4. The number of rotatable bonds is 6. The summed E-state index contributed by atoms with van der Waals surface area (Å²) in [6.45, 7) is 0.670. The largest absolute Gasteiger partial charge is 0.395 e. The number of nitrogens with two attached hydrogens (primary N) is 1. The Labute approximate surface area is 123 Å². The zero-order valence-electron chi connectivity index (χ0n) is 11.9. The number of methoxy groups -OCH3 is 1. The fourth-order valence-electron chi connectivity index (χ4n) is 1.73. The molecule has 0 aliphatic heterocycles. The van der Waals surface area contributed by atoms with Crippen LogP contribution in [0.25, 0.3) is 0 Å². The lowest BCUT2D eigenvalue weighted by molar-refractivity contribution is 0.0652. The van der Waals surface area contributed by atoms with Gasteiger partial charge in [0.15, 0.2) is 0 Å². The van der Waals surface area contributed by atoms with Crippen LogP contribution in [0.5, 0.6) is 0 Å². The first-order valence-electron chi connectivity index (χ1n) is 6.51. The summed E-state index contributed by atoms with van der Waals surface area (Å²) < 4.78 is 18.8. The molecule has 1 amide bonds. The molecular formula is C15H19FN2O3. The van der Waals surface area contributed by atoms with Gasteiger partial charge in [-0.05, 0) is 18.2 Å². The molecular weight excluding hydrogens is 275 g/mol. The molecule has 6 heteroatoms. The van der Waals surface area contributed by atoms with Crippen LogP contribution in [0, 0.1) is 17.7 Å². The summed E-state index contributed by atoms with van der Waals surface area (Å²) in [4.78, 5) is 13.7. The number of amides is 1. The van der Waals surface area contributed by atoms with Gasteiger partial charge in [-0.1, -0.05) is 11.8 Å². The molecule has 1 rings (SSSR count). The van der Waals surface area contributed by atoms with Crippen molar-refractivity contribution in [1.29, 1.82) is 0 Å². The van der Waals surface area contributed by atoms with Crippen molar-refractivity contribution in [3.63, 3.8) is 0 Å². The summed E-state index contributed by atoms with van der Waals surface area (Å²) >= 11 is 0. The van der Waals surface area contributed by atoms with Crippen molar-refractivity contribution in [3.05, 3.63) is 35.1 Å². The number of hydrogen-bond donors (Lipinski definition) is 2. The monoisotopic (exact) mass is 294 g/mol. The van der Waals surface area contributed by atoms with Gasteiger partial charge in [-0.3, -0.25) is 4.79 Å². The maximum absolute atomic E-state index is 13.9. The molecule has 0 aliphatic rings. The quantitative estimate of drug-likeness (QED) is 0.736. The van der Waals surface area contributed by atoms with Crippen LogP contribution in [0.2, 0.25) is 0 Å². The molecule has 0 fully saturated rings. The fourth-order valence-corrected chi connectivity index (χ4v) is 1.73. The molecule has 0 aromatic heterocycles. The number of benzene rings is 1. The number of aliphatic hydroxyl groups is 1. The summed E-state index contributed by atoms with van der Waals surface area (Å²) in [5.74, 6) is 4.27. The standard InChI is InChI=1S/C15H19FN2O3/c1-21-10-8-18(7-9-19)15(20)13-11-12(3-2-6-17)4-5-14(13)16/h4-5,11,19H,6-10,17H2,1H3. The number of ether oxygens (including phenoxy) is 1. The van der Waals surface area contributed by atoms with E-state index < -0.39 is 11.7 Å². The van der Waals surface area contributed by atoms with Gasteiger partial charge in [-0.15, -0.1) is 0 Å². The number of carbonyl (C=O) groups excluding carboxylic acids is 1. The van der Waals surface area contributed by atoms with Crippen molar-refractivity contribution in [2.75, 3.05) is 40.0 Å². The van der Waals surface area contributed by atoms with Crippen LogP contribution < -0.4 is 5.73 Å². The van der Waals surface area contributed by atoms with Crippen molar-refractivity contribution >= 4 is 5.91 Å². The Morgan fingerprint density at radius 3 is 2.86 bits per heavy atom. The van der Waals surface area contributed by atoms with E-state index in [0.29, 0.717) is 12.2 Å². The van der Waals surface area contributed by atoms with Gasteiger partial charge in [-0.25, -0.2) is 4.39 Å². The summed E-state index contributed by atoms with van der Waals surface area (Å²) in [6, 6.07) is 4.07. The highest BCUT2D eigenvalue weighted by Gasteiger charge is 2.19. The zero-order chi connectivity index (χ0) is 15.7. The molecule has 0 saturated carbocycles. The first-order chi connectivity index (χ1) is 10.1. The lowest BCUT2D eigenvalue weighted by atomic mass is 10.1. The number of aliphatic hydroxyl groups excluding tert-OH is 1. The summed E-state index contributed by atoms with van der Waals surface area (Å²) in [6.07, 6.45) is 0. The Kier molecular flexibility index (Phi) is 7.40. The van der Waals surface area contributed by atoms with Gasteiger partial charge < -0.3 is 20.5 Å². The van der Waals surface area contributed by atoms with Crippen molar-refractivity contribution < 1.29 is 19.0 Å². The molecule has 1 aromatic rings. The predicted molar refractivity (Wildman–Crippen MR) is 77.2 cm³/mol. The summed E-state index contributed by atoms with van der Waals surface area (Å²) in [5, 5.41) is 9.01. The van der Waals surface area contributed by atoms with Crippen molar-refractivity contribution in [2.24, 2.45) is 5.73 Å². The molecule has 0 aliphatic carbocycles. The fraction of sp³-hybridized carbons (Fsp3) is 0.400. The normalized spacial score (nSPS) is 9.90. The minimum absolute atomic E-state index is 0.0802. The predicted octanol–water partition coefficient (Wildman–Crippen LogP) is 0.217. The van der Waals surface area contributed by atoms with E-state index in [1.807, 2.05) is 0 Å². The van der Waals surface area contributed by atoms with E-state index >= 15 is 0 Å². The van der Waals surface area contributed by atoms with Crippen LogP contribution in [0.4, 0.5) is 4.39 Å². The minimum atomic E-state index is -0.626. The molecule has 3 N–H and O–H groups in total. The van der Waals surface area contributed by atoms with Gasteiger partial charge in [0.05, 0.1) is 25.3 Å². The maximum Gasteiger partial charge on any atom is 0.257 e. The molecule has 0 atom stereocenters. The molecule has 0 bridgehead atoms. The SMILES string of the molecule is COCCN(CCO)C(=O)c1cc(C#CCN)ccc1F. The van der Waals surface area contributed by atoms with Crippen LogP contribution in [-0.2, 0) is 4.74 Å².